The number of hydrogen-bond donors (Lipinski definition) is 0. The zero-order valence-electron chi connectivity index (χ0n) is 10.0. The number of aromatic nitrogens is 2. The zero-order valence-corrected chi connectivity index (χ0v) is 10.8. The maximum atomic E-state index is 12.2. The Labute approximate surface area is 115 Å². The van der Waals surface area contributed by atoms with Crippen LogP contribution in [0.5, 0.6) is 5.75 Å². The summed E-state index contributed by atoms with van der Waals surface area (Å²) in [5.41, 5.74) is 0.841. The second-order valence-electron chi connectivity index (χ2n) is 4.38. The Balaban J connectivity index is 1.79. The molecule has 1 aliphatic rings. The highest BCUT2D eigenvalue weighted by molar-refractivity contribution is 6.28. The number of benzene rings is 1. The van der Waals surface area contributed by atoms with Crippen LogP contribution in [0.15, 0.2) is 36.5 Å². The zero-order chi connectivity index (χ0) is 13.2. The molecule has 1 fully saturated rings. The fraction of sp³-hybridized carbons (Fsp3) is 0.214. The summed E-state index contributed by atoms with van der Waals surface area (Å²) in [6.45, 7) is 0. The first-order valence-electron chi connectivity index (χ1n) is 6.02. The third kappa shape index (κ3) is 2.90. The standard InChI is InChI=1S/C14H11ClN2O2/c15-14-16-8-7-12(17-14)13(18)9-1-3-10(4-2-9)19-11-5-6-11/h1-4,7-8,11H,5-6H2. The number of halogens is 1. The van der Waals surface area contributed by atoms with Crippen LogP contribution in [-0.4, -0.2) is 21.9 Å². The first-order chi connectivity index (χ1) is 9.22. The Morgan fingerprint density at radius 1 is 1.21 bits per heavy atom. The largest absolute Gasteiger partial charge is 0.490 e. The van der Waals surface area contributed by atoms with E-state index in [0.29, 0.717) is 11.7 Å². The molecular formula is C14H11ClN2O2. The van der Waals surface area contributed by atoms with Crippen molar-refractivity contribution < 1.29 is 9.53 Å². The van der Waals surface area contributed by atoms with E-state index in [1.807, 2.05) is 0 Å². The van der Waals surface area contributed by atoms with E-state index in [0.717, 1.165) is 18.6 Å². The van der Waals surface area contributed by atoms with E-state index >= 15 is 0 Å². The molecule has 96 valence electrons. The molecule has 1 aliphatic carbocycles. The Hall–Kier alpha value is -1.94. The Morgan fingerprint density at radius 3 is 2.58 bits per heavy atom. The number of nitrogens with zero attached hydrogens (tertiary/aromatic N) is 2. The van der Waals surface area contributed by atoms with Crippen LogP contribution in [0.25, 0.3) is 0 Å². The average Bonchev–Trinajstić information content (AvgIpc) is 3.23. The quantitative estimate of drug-likeness (QED) is 0.635. The Morgan fingerprint density at radius 2 is 1.95 bits per heavy atom. The van der Waals surface area contributed by atoms with Crippen molar-refractivity contribution in [2.45, 2.75) is 18.9 Å². The lowest BCUT2D eigenvalue weighted by Gasteiger charge is -2.05. The molecule has 0 radical (unpaired) electrons. The van der Waals surface area contributed by atoms with Gasteiger partial charge in [-0.05, 0) is 54.8 Å². The molecule has 3 rings (SSSR count). The predicted molar refractivity (Wildman–Crippen MR) is 70.6 cm³/mol. The van der Waals surface area contributed by atoms with Gasteiger partial charge in [-0.15, -0.1) is 0 Å². The molecule has 5 heteroatoms. The molecule has 0 aliphatic heterocycles. The van der Waals surface area contributed by atoms with Crippen molar-refractivity contribution in [2.24, 2.45) is 0 Å². The van der Waals surface area contributed by atoms with E-state index < -0.39 is 0 Å². The smallest absolute Gasteiger partial charge is 0.222 e. The van der Waals surface area contributed by atoms with Crippen LogP contribution in [0, 0.1) is 0 Å². The predicted octanol–water partition coefficient (Wildman–Crippen LogP) is 2.90. The van der Waals surface area contributed by atoms with Gasteiger partial charge in [0.05, 0.1) is 6.10 Å². The highest BCUT2D eigenvalue weighted by Gasteiger charge is 2.23. The van der Waals surface area contributed by atoms with E-state index in [-0.39, 0.29) is 16.8 Å². The lowest BCUT2D eigenvalue weighted by Crippen LogP contribution is -2.05. The molecule has 0 bridgehead atoms. The topological polar surface area (TPSA) is 52.1 Å². The fourth-order valence-electron chi connectivity index (χ4n) is 1.67. The molecule has 0 saturated heterocycles. The summed E-state index contributed by atoms with van der Waals surface area (Å²) in [6, 6.07) is 8.61. The lowest BCUT2D eigenvalue weighted by atomic mass is 10.1. The van der Waals surface area contributed by atoms with Crippen molar-refractivity contribution in [1.82, 2.24) is 9.97 Å². The number of carbonyl (C=O) groups excluding carboxylic acids is 1. The summed E-state index contributed by atoms with van der Waals surface area (Å²) in [4.78, 5) is 19.8. The van der Waals surface area contributed by atoms with Crippen molar-refractivity contribution in [1.29, 1.82) is 0 Å². The van der Waals surface area contributed by atoms with E-state index in [2.05, 4.69) is 9.97 Å². The van der Waals surface area contributed by atoms with E-state index in [4.69, 9.17) is 16.3 Å². The van der Waals surface area contributed by atoms with E-state index in [1.54, 1.807) is 30.3 Å². The molecule has 0 spiro atoms. The summed E-state index contributed by atoms with van der Waals surface area (Å²) in [5, 5.41) is 0.0690. The van der Waals surface area contributed by atoms with Gasteiger partial charge in [0, 0.05) is 11.8 Å². The minimum Gasteiger partial charge on any atom is -0.490 e. The molecule has 0 amide bonds. The van der Waals surface area contributed by atoms with Gasteiger partial charge >= 0.3 is 0 Å². The van der Waals surface area contributed by atoms with Crippen molar-refractivity contribution in [3.8, 4) is 5.75 Å². The van der Waals surface area contributed by atoms with Crippen molar-refractivity contribution in [3.05, 3.63) is 53.1 Å². The van der Waals surface area contributed by atoms with E-state index in [9.17, 15) is 4.79 Å². The number of ether oxygens (including phenoxy) is 1. The SMILES string of the molecule is O=C(c1ccc(OC2CC2)cc1)c1ccnc(Cl)n1. The van der Waals surface area contributed by atoms with Gasteiger partial charge in [0.2, 0.25) is 11.1 Å². The molecule has 1 aromatic carbocycles. The van der Waals surface area contributed by atoms with Crippen LogP contribution < -0.4 is 4.74 Å². The summed E-state index contributed by atoms with van der Waals surface area (Å²) in [5.74, 6) is 0.613. The molecule has 4 nitrogen and oxygen atoms in total. The van der Waals surface area contributed by atoms with Gasteiger partial charge in [-0.1, -0.05) is 0 Å². The maximum absolute atomic E-state index is 12.2. The average molecular weight is 275 g/mol. The third-order valence-electron chi connectivity index (χ3n) is 2.80. The summed E-state index contributed by atoms with van der Waals surface area (Å²) >= 11 is 5.67. The number of rotatable bonds is 4. The molecule has 1 aromatic heterocycles. The molecule has 1 heterocycles. The molecule has 1 saturated carbocycles. The maximum Gasteiger partial charge on any atom is 0.222 e. The second kappa shape index (κ2) is 4.97. The van der Waals surface area contributed by atoms with Crippen LogP contribution in [0.3, 0.4) is 0 Å². The van der Waals surface area contributed by atoms with Gasteiger partial charge in [0.1, 0.15) is 11.4 Å². The van der Waals surface area contributed by atoms with Gasteiger partial charge in [-0.3, -0.25) is 4.79 Å². The summed E-state index contributed by atoms with van der Waals surface area (Å²) < 4.78 is 5.63. The van der Waals surface area contributed by atoms with Crippen LogP contribution in [0.2, 0.25) is 5.28 Å². The first-order valence-corrected chi connectivity index (χ1v) is 6.40. The number of ketones is 1. The summed E-state index contributed by atoms with van der Waals surface area (Å²) in [7, 11) is 0. The lowest BCUT2D eigenvalue weighted by molar-refractivity contribution is 0.103. The minimum atomic E-state index is -0.178. The van der Waals surface area contributed by atoms with Crippen LogP contribution >= 0.6 is 11.6 Å². The summed E-state index contributed by atoms with van der Waals surface area (Å²) in [6.07, 6.45) is 4.04. The van der Waals surface area contributed by atoms with Crippen molar-refractivity contribution >= 4 is 17.4 Å². The van der Waals surface area contributed by atoms with Gasteiger partial charge in [-0.25, -0.2) is 9.97 Å². The van der Waals surface area contributed by atoms with Crippen molar-refractivity contribution in [3.63, 3.8) is 0 Å². The Kier molecular flexibility index (Phi) is 3.17. The molecule has 0 atom stereocenters. The molecule has 0 N–H and O–H groups in total. The number of hydrogen-bond acceptors (Lipinski definition) is 4. The third-order valence-corrected chi connectivity index (χ3v) is 2.98. The van der Waals surface area contributed by atoms with Crippen LogP contribution in [-0.2, 0) is 0 Å². The number of carbonyl (C=O) groups is 1. The van der Waals surface area contributed by atoms with E-state index in [1.165, 1.54) is 6.20 Å². The normalized spacial score (nSPS) is 14.2. The monoisotopic (exact) mass is 274 g/mol. The van der Waals surface area contributed by atoms with Gasteiger partial charge in [0.25, 0.3) is 0 Å². The molecule has 0 unspecified atom stereocenters. The van der Waals surface area contributed by atoms with Gasteiger partial charge in [-0.2, -0.15) is 0 Å². The molecule has 2 aromatic rings. The second-order valence-corrected chi connectivity index (χ2v) is 4.72. The Bertz CT molecular complexity index is 609. The van der Waals surface area contributed by atoms with Gasteiger partial charge < -0.3 is 4.74 Å². The van der Waals surface area contributed by atoms with Gasteiger partial charge in [0.15, 0.2) is 0 Å². The van der Waals surface area contributed by atoms with Crippen LogP contribution in [0.1, 0.15) is 28.9 Å². The van der Waals surface area contributed by atoms with Crippen molar-refractivity contribution in [2.75, 3.05) is 0 Å². The highest BCUT2D eigenvalue weighted by Crippen LogP contribution is 2.26. The first kappa shape index (κ1) is 12.1. The molecular weight excluding hydrogens is 264 g/mol. The minimum absolute atomic E-state index is 0.0690. The van der Waals surface area contributed by atoms with Crippen LogP contribution in [0.4, 0.5) is 0 Å². The highest BCUT2D eigenvalue weighted by atomic mass is 35.5. The fourth-order valence-corrected chi connectivity index (χ4v) is 1.82. The molecule has 19 heavy (non-hydrogen) atoms.